The van der Waals surface area contributed by atoms with Crippen LogP contribution in [0.15, 0.2) is 12.3 Å². The molecule has 12 heavy (non-hydrogen) atoms. The van der Waals surface area contributed by atoms with E-state index in [1.54, 1.807) is 12.3 Å². The van der Waals surface area contributed by atoms with Crippen molar-refractivity contribution in [2.45, 2.75) is 13.8 Å². The van der Waals surface area contributed by atoms with Crippen molar-refractivity contribution in [3.8, 4) is 11.8 Å². The molecule has 3 nitrogen and oxygen atoms in total. The largest absolute Gasteiger partial charge is 0.493 e. The van der Waals surface area contributed by atoms with Gasteiger partial charge >= 0.3 is 0 Å². The minimum absolute atomic E-state index is 0.431. The topological polar surface area (TPSA) is 45.9 Å². The van der Waals surface area contributed by atoms with Crippen LogP contribution in [-0.2, 0) is 0 Å². The normalized spacial score (nSPS) is 9.08. The summed E-state index contributed by atoms with van der Waals surface area (Å²) < 4.78 is 5.29. The average molecular weight is 162 g/mol. The Morgan fingerprint density at radius 1 is 1.67 bits per heavy atom. The van der Waals surface area contributed by atoms with Gasteiger partial charge in [0.1, 0.15) is 17.5 Å². The number of rotatable bonds is 2. The minimum Gasteiger partial charge on any atom is -0.493 e. The van der Waals surface area contributed by atoms with E-state index >= 15 is 0 Å². The maximum absolute atomic E-state index is 8.64. The second-order valence-electron chi connectivity index (χ2n) is 2.33. The van der Waals surface area contributed by atoms with Crippen molar-refractivity contribution >= 4 is 0 Å². The number of hydrogen-bond donors (Lipinski definition) is 0. The predicted octanol–water partition coefficient (Wildman–Crippen LogP) is 1.66. The molecule has 0 aliphatic rings. The van der Waals surface area contributed by atoms with Crippen molar-refractivity contribution in [1.29, 1.82) is 5.26 Å². The van der Waals surface area contributed by atoms with E-state index in [0.717, 1.165) is 11.3 Å². The van der Waals surface area contributed by atoms with Crippen LogP contribution in [0.5, 0.6) is 5.75 Å². The van der Waals surface area contributed by atoms with E-state index in [2.05, 4.69) is 4.98 Å². The van der Waals surface area contributed by atoms with Gasteiger partial charge in [0, 0.05) is 11.8 Å². The summed E-state index contributed by atoms with van der Waals surface area (Å²) in [4.78, 5) is 3.90. The molecule has 0 aliphatic heterocycles. The smallest absolute Gasteiger partial charge is 0.147 e. The Balaban J connectivity index is 3.07. The molecule has 0 saturated carbocycles. The third-order valence-electron chi connectivity index (χ3n) is 1.56. The number of hydrogen-bond acceptors (Lipinski definition) is 3. The molecule has 0 amide bonds. The number of pyridine rings is 1. The molecule has 0 spiro atoms. The van der Waals surface area contributed by atoms with Crippen LogP contribution >= 0.6 is 0 Å². The van der Waals surface area contributed by atoms with Crippen LogP contribution in [0.25, 0.3) is 0 Å². The molecule has 62 valence electrons. The molecule has 0 radical (unpaired) electrons. The van der Waals surface area contributed by atoms with E-state index in [-0.39, 0.29) is 0 Å². The molecule has 1 aromatic heterocycles. The van der Waals surface area contributed by atoms with Gasteiger partial charge in [0.2, 0.25) is 0 Å². The van der Waals surface area contributed by atoms with Gasteiger partial charge < -0.3 is 4.74 Å². The molecule has 1 aromatic rings. The van der Waals surface area contributed by atoms with Crippen LogP contribution in [0.2, 0.25) is 0 Å². The van der Waals surface area contributed by atoms with Crippen LogP contribution in [-0.4, -0.2) is 11.6 Å². The highest BCUT2D eigenvalue weighted by Crippen LogP contribution is 2.18. The zero-order valence-corrected chi connectivity index (χ0v) is 7.16. The fourth-order valence-electron chi connectivity index (χ4n) is 0.943. The van der Waals surface area contributed by atoms with Crippen molar-refractivity contribution in [2.24, 2.45) is 0 Å². The Hall–Kier alpha value is -1.56. The lowest BCUT2D eigenvalue weighted by Gasteiger charge is -2.05. The van der Waals surface area contributed by atoms with E-state index in [0.29, 0.717) is 12.3 Å². The molecule has 0 fully saturated rings. The highest BCUT2D eigenvalue weighted by Gasteiger charge is 2.03. The molecular weight excluding hydrogens is 152 g/mol. The monoisotopic (exact) mass is 162 g/mol. The van der Waals surface area contributed by atoms with Crippen LogP contribution in [0.4, 0.5) is 0 Å². The third-order valence-corrected chi connectivity index (χ3v) is 1.56. The summed E-state index contributed by atoms with van der Waals surface area (Å²) in [6.45, 7) is 4.35. The summed E-state index contributed by atoms with van der Waals surface area (Å²) in [6.07, 6.45) is 1.58. The number of aromatic nitrogens is 1. The zero-order valence-electron chi connectivity index (χ0n) is 7.16. The SMILES string of the molecule is CCOc1ccnc(C#N)c1C. The van der Waals surface area contributed by atoms with Gasteiger partial charge in [0.05, 0.1) is 6.61 Å². The molecule has 0 bridgehead atoms. The molecule has 0 saturated heterocycles. The number of nitriles is 1. The molecule has 0 aromatic carbocycles. The third kappa shape index (κ3) is 1.54. The summed E-state index contributed by atoms with van der Waals surface area (Å²) in [7, 11) is 0. The summed E-state index contributed by atoms with van der Waals surface area (Å²) in [6, 6.07) is 3.77. The quantitative estimate of drug-likeness (QED) is 0.664. The van der Waals surface area contributed by atoms with Gasteiger partial charge in [-0.15, -0.1) is 0 Å². The van der Waals surface area contributed by atoms with Crippen molar-refractivity contribution in [2.75, 3.05) is 6.61 Å². The first-order valence-electron chi connectivity index (χ1n) is 3.78. The molecular formula is C9H10N2O. The van der Waals surface area contributed by atoms with Gasteiger partial charge in [-0.25, -0.2) is 4.98 Å². The molecule has 0 atom stereocenters. The molecule has 3 heteroatoms. The predicted molar refractivity (Wildman–Crippen MR) is 44.9 cm³/mol. The first-order valence-corrected chi connectivity index (χ1v) is 3.78. The first kappa shape index (κ1) is 8.54. The number of ether oxygens (including phenoxy) is 1. The van der Waals surface area contributed by atoms with E-state index < -0.39 is 0 Å². The molecule has 1 heterocycles. The minimum atomic E-state index is 0.431. The maximum Gasteiger partial charge on any atom is 0.147 e. The summed E-state index contributed by atoms with van der Waals surface area (Å²) in [5.41, 5.74) is 1.24. The Bertz CT molecular complexity index is 315. The summed E-state index contributed by atoms with van der Waals surface area (Å²) in [5, 5.41) is 8.64. The van der Waals surface area contributed by atoms with Crippen molar-refractivity contribution in [1.82, 2.24) is 4.98 Å². The van der Waals surface area contributed by atoms with E-state index in [4.69, 9.17) is 10.00 Å². The first-order chi connectivity index (χ1) is 5.79. The van der Waals surface area contributed by atoms with Crippen LogP contribution in [0, 0.1) is 18.3 Å². The zero-order chi connectivity index (χ0) is 8.97. The lowest BCUT2D eigenvalue weighted by molar-refractivity contribution is 0.337. The van der Waals surface area contributed by atoms with Gasteiger partial charge in [-0.1, -0.05) is 0 Å². The molecule has 0 unspecified atom stereocenters. The van der Waals surface area contributed by atoms with Crippen molar-refractivity contribution < 1.29 is 4.74 Å². The van der Waals surface area contributed by atoms with Gasteiger partial charge in [-0.2, -0.15) is 5.26 Å². The highest BCUT2D eigenvalue weighted by molar-refractivity contribution is 5.40. The fraction of sp³-hybridized carbons (Fsp3) is 0.333. The van der Waals surface area contributed by atoms with Crippen molar-refractivity contribution in [3.63, 3.8) is 0 Å². The highest BCUT2D eigenvalue weighted by atomic mass is 16.5. The second-order valence-corrected chi connectivity index (χ2v) is 2.33. The Labute approximate surface area is 71.6 Å². The summed E-state index contributed by atoms with van der Waals surface area (Å²) in [5.74, 6) is 0.740. The van der Waals surface area contributed by atoms with Gasteiger partial charge in [0.15, 0.2) is 0 Å². The van der Waals surface area contributed by atoms with Crippen LogP contribution in [0.1, 0.15) is 18.2 Å². The van der Waals surface area contributed by atoms with Crippen molar-refractivity contribution in [3.05, 3.63) is 23.5 Å². The second kappa shape index (κ2) is 3.72. The molecule has 0 N–H and O–H groups in total. The maximum atomic E-state index is 8.64. The lowest BCUT2D eigenvalue weighted by atomic mass is 10.2. The van der Waals surface area contributed by atoms with Crippen LogP contribution < -0.4 is 4.74 Å². The Morgan fingerprint density at radius 2 is 2.42 bits per heavy atom. The van der Waals surface area contributed by atoms with E-state index in [1.807, 2.05) is 19.9 Å². The van der Waals surface area contributed by atoms with Gasteiger partial charge in [0.25, 0.3) is 0 Å². The standard InChI is InChI=1S/C9H10N2O/c1-3-12-9-4-5-11-8(6-10)7(9)2/h4-5H,3H2,1-2H3. The Morgan fingerprint density at radius 3 is 3.00 bits per heavy atom. The molecule has 0 aliphatic carbocycles. The van der Waals surface area contributed by atoms with Gasteiger partial charge in [-0.3, -0.25) is 0 Å². The molecule has 1 rings (SSSR count). The summed E-state index contributed by atoms with van der Waals surface area (Å²) >= 11 is 0. The van der Waals surface area contributed by atoms with E-state index in [1.165, 1.54) is 0 Å². The van der Waals surface area contributed by atoms with Gasteiger partial charge in [-0.05, 0) is 19.9 Å². The number of nitrogens with zero attached hydrogens (tertiary/aromatic N) is 2. The average Bonchev–Trinajstić information content (AvgIpc) is 2.09. The fourth-order valence-corrected chi connectivity index (χ4v) is 0.943. The van der Waals surface area contributed by atoms with Crippen LogP contribution in [0.3, 0.4) is 0 Å². The Kier molecular flexibility index (Phi) is 2.65. The van der Waals surface area contributed by atoms with E-state index in [9.17, 15) is 0 Å². The lowest BCUT2D eigenvalue weighted by Crippen LogP contribution is -1.97.